The topological polar surface area (TPSA) is 181 Å². The SMILES string of the molecule is CCCCCCCCOc1c(OC[C@@H]2O[C@@H](OC(C)=O)[C@H](OC(C)=O)[C@H](OC(C)=O)[C@H]2OC(C)=O)c2ccc(N)cc2n(C)c1=O. The Balaban J connectivity index is 2.01. The first kappa shape index (κ1) is 36.1. The van der Waals surface area contributed by atoms with Crippen molar-refractivity contribution >= 4 is 40.5 Å². The molecule has 14 nitrogen and oxygen atoms in total. The van der Waals surface area contributed by atoms with E-state index in [0.29, 0.717) is 16.6 Å². The number of carbonyl (C=O) groups excluding carboxylic acids is 4. The van der Waals surface area contributed by atoms with E-state index in [9.17, 15) is 24.0 Å². The Bertz CT molecular complexity index is 1450. The van der Waals surface area contributed by atoms with Gasteiger partial charge in [0.2, 0.25) is 18.1 Å². The summed E-state index contributed by atoms with van der Waals surface area (Å²) in [6, 6.07) is 4.95. The molecule has 1 aromatic carbocycles. The average Bonchev–Trinajstić information content (AvgIpc) is 2.97. The first-order valence-corrected chi connectivity index (χ1v) is 15.4. The Morgan fingerprint density at radius 1 is 0.783 bits per heavy atom. The molecule has 1 aliphatic heterocycles. The van der Waals surface area contributed by atoms with Crippen molar-refractivity contribution in [1.82, 2.24) is 4.57 Å². The zero-order valence-electron chi connectivity index (χ0n) is 27.2. The summed E-state index contributed by atoms with van der Waals surface area (Å²) in [6.07, 6.45) is -0.998. The van der Waals surface area contributed by atoms with E-state index >= 15 is 0 Å². The predicted octanol–water partition coefficient (Wildman–Crippen LogP) is 3.32. The maximum Gasteiger partial charge on any atom is 0.305 e. The molecule has 2 N–H and O–H groups in total. The largest absolute Gasteiger partial charge is 0.486 e. The predicted molar refractivity (Wildman–Crippen MR) is 165 cm³/mol. The number of rotatable bonds is 15. The van der Waals surface area contributed by atoms with Gasteiger partial charge in [0.05, 0.1) is 12.1 Å². The standard InChI is InChI=1S/C32H44N2O12/c1-7-8-9-10-11-12-15-40-29-26(23-14-13-22(33)16-24(23)34(6)31(29)39)41-17-25-27(42-18(2)35)28(43-19(3)36)30(44-20(4)37)32(46-25)45-21(5)38/h13-14,16,25,27-28,30,32H,7-12,15,17,33H2,1-6H3/t25-,27-,28+,30+,32+/m0/s1. The van der Waals surface area contributed by atoms with Crippen LogP contribution < -0.4 is 20.8 Å². The molecule has 2 heterocycles. The number of benzene rings is 1. The molecule has 0 unspecified atom stereocenters. The summed E-state index contributed by atoms with van der Waals surface area (Å²) in [5, 5.41) is 0.500. The molecule has 254 valence electrons. The van der Waals surface area contributed by atoms with E-state index in [0.717, 1.165) is 66.2 Å². The number of nitrogens with zero attached hydrogens (tertiary/aromatic N) is 1. The van der Waals surface area contributed by atoms with E-state index in [1.807, 2.05) is 0 Å². The average molecular weight is 649 g/mol. The van der Waals surface area contributed by atoms with E-state index in [4.69, 9.17) is 38.9 Å². The number of esters is 4. The van der Waals surface area contributed by atoms with Crippen molar-refractivity contribution in [3.05, 3.63) is 28.6 Å². The first-order valence-electron chi connectivity index (χ1n) is 15.4. The number of ether oxygens (including phenoxy) is 7. The number of nitrogen functional groups attached to an aromatic ring is 1. The van der Waals surface area contributed by atoms with Gasteiger partial charge in [-0.1, -0.05) is 39.0 Å². The number of aryl methyl sites for hydroxylation is 1. The van der Waals surface area contributed by atoms with Crippen LogP contribution in [-0.4, -0.2) is 72.4 Å². The normalized spacial score (nSPS) is 20.9. The maximum absolute atomic E-state index is 13.5. The van der Waals surface area contributed by atoms with Crippen molar-refractivity contribution in [2.75, 3.05) is 18.9 Å². The van der Waals surface area contributed by atoms with Crippen molar-refractivity contribution in [1.29, 1.82) is 0 Å². The molecule has 5 atom stereocenters. The third-order valence-electron chi connectivity index (χ3n) is 7.25. The molecule has 0 radical (unpaired) electrons. The lowest BCUT2D eigenvalue weighted by molar-refractivity contribution is -0.298. The summed E-state index contributed by atoms with van der Waals surface area (Å²) in [7, 11) is 1.59. The van der Waals surface area contributed by atoms with Crippen LogP contribution in [0, 0.1) is 0 Å². The van der Waals surface area contributed by atoms with Gasteiger partial charge in [0.15, 0.2) is 18.0 Å². The fourth-order valence-corrected chi connectivity index (χ4v) is 5.24. The lowest BCUT2D eigenvalue weighted by Crippen LogP contribution is -2.63. The van der Waals surface area contributed by atoms with E-state index < -0.39 is 66.7 Å². The number of carbonyl (C=O) groups is 4. The fourth-order valence-electron chi connectivity index (χ4n) is 5.24. The number of pyridine rings is 1. The number of hydrogen-bond donors (Lipinski definition) is 1. The Morgan fingerprint density at radius 2 is 1.37 bits per heavy atom. The van der Waals surface area contributed by atoms with Crippen LogP contribution in [0.15, 0.2) is 23.0 Å². The van der Waals surface area contributed by atoms with Gasteiger partial charge >= 0.3 is 23.9 Å². The molecule has 1 fully saturated rings. The van der Waals surface area contributed by atoms with Crippen LogP contribution >= 0.6 is 0 Å². The van der Waals surface area contributed by atoms with Gasteiger partial charge in [-0.25, -0.2) is 0 Å². The monoisotopic (exact) mass is 648 g/mol. The number of fused-ring (bicyclic) bond motifs is 1. The summed E-state index contributed by atoms with van der Waals surface area (Å²) in [4.78, 5) is 61.8. The Labute approximate surface area is 267 Å². The van der Waals surface area contributed by atoms with Gasteiger partial charge in [-0.3, -0.25) is 24.0 Å². The van der Waals surface area contributed by atoms with Crippen LogP contribution in [0.2, 0.25) is 0 Å². The van der Waals surface area contributed by atoms with Gasteiger partial charge in [0, 0.05) is 45.8 Å². The van der Waals surface area contributed by atoms with Crippen LogP contribution in [0.4, 0.5) is 5.69 Å². The van der Waals surface area contributed by atoms with Gasteiger partial charge in [-0.15, -0.1) is 0 Å². The van der Waals surface area contributed by atoms with Crippen LogP contribution in [0.25, 0.3) is 10.9 Å². The van der Waals surface area contributed by atoms with Crippen molar-refractivity contribution in [2.45, 2.75) is 104 Å². The Kier molecular flexibility index (Phi) is 13.2. The van der Waals surface area contributed by atoms with Crippen LogP contribution in [0.3, 0.4) is 0 Å². The zero-order chi connectivity index (χ0) is 34.0. The summed E-state index contributed by atoms with van der Waals surface area (Å²) in [6.45, 7) is 6.47. The molecule has 14 heteroatoms. The molecule has 0 amide bonds. The second kappa shape index (κ2) is 16.8. The molecule has 0 aliphatic carbocycles. The van der Waals surface area contributed by atoms with Crippen molar-refractivity contribution in [2.24, 2.45) is 7.05 Å². The van der Waals surface area contributed by atoms with E-state index in [-0.39, 0.29) is 18.1 Å². The highest BCUT2D eigenvalue weighted by Crippen LogP contribution is 2.36. The number of hydrogen-bond acceptors (Lipinski definition) is 13. The lowest BCUT2D eigenvalue weighted by Gasteiger charge is -2.43. The smallest absolute Gasteiger partial charge is 0.305 e. The molecule has 46 heavy (non-hydrogen) atoms. The van der Waals surface area contributed by atoms with E-state index in [2.05, 4.69) is 6.92 Å². The lowest BCUT2D eigenvalue weighted by atomic mass is 9.98. The summed E-state index contributed by atoms with van der Waals surface area (Å²) < 4.78 is 41.2. The second-order valence-electron chi connectivity index (χ2n) is 11.1. The van der Waals surface area contributed by atoms with Gasteiger partial charge in [0.1, 0.15) is 12.7 Å². The second-order valence-corrected chi connectivity index (χ2v) is 11.1. The minimum absolute atomic E-state index is 0.0426. The summed E-state index contributed by atoms with van der Waals surface area (Å²) >= 11 is 0. The molecule has 1 aromatic heterocycles. The van der Waals surface area contributed by atoms with Gasteiger partial charge < -0.3 is 43.5 Å². The van der Waals surface area contributed by atoms with Crippen LogP contribution in [0.5, 0.6) is 11.5 Å². The molecule has 0 bridgehead atoms. The third-order valence-corrected chi connectivity index (χ3v) is 7.25. The molecule has 1 aliphatic rings. The van der Waals surface area contributed by atoms with Crippen LogP contribution in [-0.2, 0) is 49.9 Å². The van der Waals surface area contributed by atoms with Crippen molar-refractivity contribution in [3.8, 4) is 11.5 Å². The van der Waals surface area contributed by atoms with Gasteiger partial charge in [-0.05, 0) is 24.6 Å². The summed E-state index contributed by atoms with van der Waals surface area (Å²) in [5.41, 5.74) is 6.44. The minimum Gasteiger partial charge on any atom is -0.486 e. The molecule has 3 rings (SSSR count). The maximum atomic E-state index is 13.5. The van der Waals surface area contributed by atoms with Gasteiger partial charge in [-0.2, -0.15) is 0 Å². The molecule has 2 aromatic rings. The van der Waals surface area contributed by atoms with Crippen LogP contribution in [0.1, 0.15) is 73.1 Å². The minimum atomic E-state index is -1.56. The Hall–Kier alpha value is -4.33. The highest BCUT2D eigenvalue weighted by atomic mass is 16.7. The summed E-state index contributed by atoms with van der Waals surface area (Å²) in [5.74, 6) is -3.08. The molecular formula is C32H44N2O12. The quantitative estimate of drug-likeness (QED) is 0.129. The number of aromatic nitrogens is 1. The third kappa shape index (κ3) is 9.59. The number of anilines is 1. The van der Waals surface area contributed by atoms with E-state index in [1.54, 1.807) is 25.2 Å². The highest BCUT2D eigenvalue weighted by Gasteiger charge is 2.53. The van der Waals surface area contributed by atoms with Gasteiger partial charge in [0.25, 0.3) is 5.56 Å². The van der Waals surface area contributed by atoms with Crippen molar-refractivity contribution < 1.29 is 52.3 Å². The fraction of sp³-hybridized carbons (Fsp3) is 0.594. The van der Waals surface area contributed by atoms with E-state index in [1.165, 1.54) is 4.57 Å². The highest BCUT2D eigenvalue weighted by molar-refractivity contribution is 5.90. The number of unbranched alkanes of at least 4 members (excludes halogenated alkanes) is 5. The van der Waals surface area contributed by atoms with Crippen molar-refractivity contribution in [3.63, 3.8) is 0 Å². The number of nitrogens with two attached hydrogens (primary N) is 1. The molecule has 0 saturated carbocycles. The molecule has 0 spiro atoms. The Morgan fingerprint density at radius 3 is 2.00 bits per heavy atom. The molecule has 1 saturated heterocycles. The zero-order valence-corrected chi connectivity index (χ0v) is 27.2. The molecular weight excluding hydrogens is 604 g/mol. The first-order chi connectivity index (χ1) is 21.8.